The van der Waals surface area contributed by atoms with Gasteiger partial charge in [0.05, 0.1) is 5.02 Å². The quantitative estimate of drug-likeness (QED) is 0.654. The molecule has 3 nitrogen and oxygen atoms in total. The topological polar surface area (TPSA) is 46.2 Å². The first-order valence-electron chi connectivity index (χ1n) is 7.06. The molecule has 0 radical (unpaired) electrons. The van der Waals surface area contributed by atoms with E-state index in [-0.39, 0.29) is 11.7 Å². The number of benzene rings is 2. The van der Waals surface area contributed by atoms with Crippen LogP contribution in [0.1, 0.15) is 32.5 Å². The molecule has 23 heavy (non-hydrogen) atoms. The van der Waals surface area contributed by atoms with Gasteiger partial charge in [0, 0.05) is 21.3 Å². The largest absolute Gasteiger partial charge is 0.321 e. The third-order valence-corrected chi connectivity index (χ3v) is 5.17. The number of thiophene rings is 1. The Labute approximate surface area is 142 Å². The Hall–Kier alpha value is -2.17. The molecule has 0 aliphatic carbocycles. The highest BCUT2D eigenvalue weighted by molar-refractivity contribution is 7.21. The number of carbonyl (C=O) groups is 2. The summed E-state index contributed by atoms with van der Waals surface area (Å²) >= 11 is 7.71. The molecule has 0 saturated heterocycles. The lowest BCUT2D eigenvalue weighted by Gasteiger charge is -2.05. The van der Waals surface area contributed by atoms with Gasteiger partial charge in [0.15, 0.2) is 5.78 Å². The van der Waals surface area contributed by atoms with Crippen LogP contribution in [0, 0.1) is 6.92 Å². The van der Waals surface area contributed by atoms with E-state index < -0.39 is 0 Å². The lowest BCUT2D eigenvalue weighted by atomic mass is 10.1. The molecular weight excluding hydrogens is 330 g/mol. The number of hydrogen-bond acceptors (Lipinski definition) is 3. The third kappa shape index (κ3) is 3.14. The molecule has 0 saturated carbocycles. The Balaban J connectivity index is 1.93. The molecule has 0 unspecified atom stereocenters. The molecule has 1 heterocycles. The van der Waals surface area contributed by atoms with Crippen LogP contribution in [0.4, 0.5) is 5.69 Å². The molecule has 0 spiro atoms. The average molecular weight is 344 g/mol. The second-order valence-corrected chi connectivity index (χ2v) is 6.77. The second kappa shape index (κ2) is 6.14. The maximum Gasteiger partial charge on any atom is 0.267 e. The summed E-state index contributed by atoms with van der Waals surface area (Å²) in [6.07, 6.45) is 0. The molecule has 0 aliphatic heterocycles. The zero-order valence-electron chi connectivity index (χ0n) is 12.6. The maximum atomic E-state index is 12.5. The van der Waals surface area contributed by atoms with Crippen molar-refractivity contribution in [3.63, 3.8) is 0 Å². The van der Waals surface area contributed by atoms with Crippen molar-refractivity contribution in [3.8, 4) is 0 Å². The van der Waals surface area contributed by atoms with Crippen molar-refractivity contribution in [2.75, 3.05) is 5.32 Å². The Morgan fingerprint density at radius 1 is 1.13 bits per heavy atom. The van der Waals surface area contributed by atoms with E-state index in [1.165, 1.54) is 18.3 Å². The third-order valence-electron chi connectivity index (χ3n) is 3.52. The van der Waals surface area contributed by atoms with Crippen LogP contribution in [0.2, 0.25) is 5.02 Å². The number of fused-ring (bicyclic) bond motifs is 1. The van der Waals surface area contributed by atoms with E-state index in [1.54, 1.807) is 24.3 Å². The number of aryl methyl sites for hydroxylation is 1. The number of hydrogen-bond donors (Lipinski definition) is 1. The zero-order valence-corrected chi connectivity index (χ0v) is 14.2. The molecule has 3 rings (SSSR count). The fraction of sp³-hybridized carbons (Fsp3) is 0.111. The highest BCUT2D eigenvalue weighted by Crippen LogP contribution is 2.36. The summed E-state index contributed by atoms with van der Waals surface area (Å²) in [6, 6.07) is 12.8. The molecular formula is C18H14ClNO2S. The molecule has 0 aliphatic rings. The molecule has 3 aromatic rings. The van der Waals surface area contributed by atoms with Gasteiger partial charge in [-0.2, -0.15) is 0 Å². The van der Waals surface area contributed by atoms with E-state index in [0.29, 0.717) is 21.2 Å². The van der Waals surface area contributed by atoms with E-state index >= 15 is 0 Å². The minimum absolute atomic E-state index is 0.0449. The number of halogens is 1. The van der Waals surface area contributed by atoms with Crippen molar-refractivity contribution in [2.45, 2.75) is 13.8 Å². The van der Waals surface area contributed by atoms with Crippen LogP contribution in [0.15, 0.2) is 42.5 Å². The highest BCUT2D eigenvalue weighted by atomic mass is 35.5. The fourth-order valence-corrected chi connectivity index (χ4v) is 3.83. The SMILES string of the molecule is CC(=O)c1cccc(NC(=O)c2sc3cc(C)ccc3c2Cl)c1. The Bertz CT molecular complexity index is 930. The number of carbonyl (C=O) groups excluding carboxylic acids is 2. The van der Waals surface area contributed by atoms with Gasteiger partial charge in [-0.3, -0.25) is 9.59 Å². The van der Waals surface area contributed by atoms with E-state index in [4.69, 9.17) is 11.6 Å². The summed E-state index contributed by atoms with van der Waals surface area (Å²) in [4.78, 5) is 24.4. The predicted molar refractivity (Wildman–Crippen MR) is 96.0 cm³/mol. The smallest absolute Gasteiger partial charge is 0.267 e. The molecule has 0 fully saturated rings. The molecule has 116 valence electrons. The maximum absolute atomic E-state index is 12.5. The van der Waals surface area contributed by atoms with Crippen molar-refractivity contribution in [1.29, 1.82) is 0 Å². The summed E-state index contributed by atoms with van der Waals surface area (Å²) in [7, 11) is 0. The van der Waals surface area contributed by atoms with E-state index in [1.807, 2.05) is 25.1 Å². The molecule has 0 atom stereocenters. The number of Topliss-reactive ketones (excluding diaryl/α,β-unsaturated/α-hetero) is 1. The van der Waals surface area contributed by atoms with Crippen molar-refractivity contribution < 1.29 is 9.59 Å². The molecule has 2 aromatic carbocycles. The Morgan fingerprint density at radius 3 is 2.65 bits per heavy atom. The fourth-order valence-electron chi connectivity index (χ4n) is 2.32. The van der Waals surface area contributed by atoms with Gasteiger partial charge in [0.1, 0.15) is 4.88 Å². The molecule has 0 bridgehead atoms. The van der Waals surface area contributed by atoms with Crippen LogP contribution in [-0.4, -0.2) is 11.7 Å². The molecule has 5 heteroatoms. The summed E-state index contributed by atoms with van der Waals surface area (Å²) in [6.45, 7) is 3.49. The number of rotatable bonds is 3. The van der Waals surface area contributed by atoms with Crippen molar-refractivity contribution in [2.24, 2.45) is 0 Å². The van der Waals surface area contributed by atoms with Crippen LogP contribution >= 0.6 is 22.9 Å². The monoisotopic (exact) mass is 343 g/mol. The minimum atomic E-state index is -0.269. The number of anilines is 1. The van der Waals surface area contributed by atoms with E-state index in [0.717, 1.165) is 15.6 Å². The van der Waals surface area contributed by atoms with Crippen molar-refractivity contribution in [1.82, 2.24) is 0 Å². The first-order chi connectivity index (χ1) is 11.0. The normalized spacial score (nSPS) is 10.7. The van der Waals surface area contributed by atoms with Gasteiger partial charge in [0.25, 0.3) is 5.91 Å². The summed E-state index contributed by atoms with van der Waals surface area (Å²) in [5.41, 5.74) is 2.25. The lowest BCUT2D eigenvalue weighted by molar-refractivity contribution is 0.101. The molecule has 1 aromatic heterocycles. The van der Waals surface area contributed by atoms with Gasteiger partial charge in [-0.05, 0) is 37.6 Å². The second-order valence-electron chi connectivity index (χ2n) is 5.34. The first-order valence-corrected chi connectivity index (χ1v) is 8.26. The molecule has 1 N–H and O–H groups in total. The molecule has 1 amide bonds. The first kappa shape index (κ1) is 15.7. The standard InChI is InChI=1S/C18H14ClNO2S/c1-10-6-7-14-15(8-10)23-17(16(14)19)18(22)20-13-5-3-4-12(9-13)11(2)21/h3-9H,1-2H3,(H,20,22). The van der Waals surface area contributed by atoms with Gasteiger partial charge in [-0.15, -0.1) is 11.3 Å². The summed E-state index contributed by atoms with van der Waals surface area (Å²) in [5, 5.41) is 4.15. The van der Waals surface area contributed by atoms with Crippen molar-refractivity contribution >= 4 is 50.4 Å². The lowest BCUT2D eigenvalue weighted by Crippen LogP contribution is -2.11. The minimum Gasteiger partial charge on any atom is -0.321 e. The summed E-state index contributed by atoms with van der Waals surface area (Å²) in [5.74, 6) is -0.314. The average Bonchev–Trinajstić information content (AvgIpc) is 2.84. The van der Waals surface area contributed by atoms with Gasteiger partial charge in [-0.1, -0.05) is 35.9 Å². The Morgan fingerprint density at radius 2 is 1.91 bits per heavy atom. The van der Waals surface area contributed by atoms with Crippen LogP contribution < -0.4 is 5.32 Å². The van der Waals surface area contributed by atoms with Crippen LogP contribution in [0.25, 0.3) is 10.1 Å². The van der Waals surface area contributed by atoms with E-state index in [9.17, 15) is 9.59 Å². The van der Waals surface area contributed by atoms with Crippen LogP contribution in [0.3, 0.4) is 0 Å². The zero-order chi connectivity index (χ0) is 16.6. The van der Waals surface area contributed by atoms with E-state index in [2.05, 4.69) is 5.32 Å². The van der Waals surface area contributed by atoms with Gasteiger partial charge in [0.2, 0.25) is 0 Å². The summed E-state index contributed by atoms with van der Waals surface area (Å²) < 4.78 is 0.984. The predicted octanol–water partition coefficient (Wildman–Crippen LogP) is 5.32. The van der Waals surface area contributed by atoms with Crippen molar-refractivity contribution in [3.05, 3.63) is 63.5 Å². The Kier molecular flexibility index (Phi) is 4.20. The van der Waals surface area contributed by atoms with Gasteiger partial charge in [-0.25, -0.2) is 0 Å². The van der Waals surface area contributed by atoms with Gasteiger partial charge >= 0.3 is 0 Å². The van der Waals surface area contributed by atoms with Crippen LogP contribution in [-0.2, 0) is 0 Å². The van der Waals surface area contributed by atoms with Gasteiger partial charge < -0.3 is 5.32 Å². The highest BCUT2D eigenvalue weighted by Gasteiger charge is 2.17. The number of nitrogens with one attached hydrogen (secondary N) is 1. The number of amides is 1. The van der Waals surface area contributed by atoms with Crippen LogP contribution in [0.5, 0.6) is 0 Å². The number of ketones is 1.